The first kappa shape index (κ1) is 17.3. The number of benzene rings is 1. The SMILES string of the molecule is CN1CC2(CCN(C(=O)CN3CCC(c4ccccc4)CC3)C2)OC1=O. The predicted molar refractivity (Wildman–Crippen MR) is 97.9 cm³/mol. The molecule has 6 nitrogen and oxygen atoms in total. The molecular formula is C20H27N3O3. The minimum absolute atomic E-state index is 0.158. The Morgan fingerprint density at radius 3 is 2.54 bits per heavy atom. The van der Waals surface area contributed by atoms with Crippen LogP contribution in [0.3, 0.4) is 0 Å². The molecule has 1 spiro atoms. The van der Waals surface area contributed by atoms with Crippen molar-refractivity contribution in [2.24, 2.45) is 0 Å². The molecule has 0 aliphatic carbocycles. The molecule has 1 atom stereocenters. The number of rotatable bonds is 3. The van der Waals surface area contributed by atoms with E-state index < -0.39 is 5.60 Å². The van der Waals surface area contributed by atoms with Crippen LogP contribution in [0.15, 0.2) is 30.3 Å². The number of carbonyl (C=O) groups excluding carboxylic acids is 2. The molecule has 6 heteroatoms. The number of piperidine rings is 1. The van der Waals surface area contributed by atoms with Crippen LogP contribution in [0.25, 0.3) is 0 Å². The van der Waals surface area contributed by atoms with Crippen molar-refractivity contribution in [2.75, 3.05) is 46.3 Å². The lowest BCUT2D eigenvalue weighted by molar-refractivity contribution is -0.132. The predicted octanol–water partition coefficient (Wildman–Crippen LogP) is 1.92. The van der Waals surface area contributed by atoms with Crippen LogP contribution in [0.1, 0.15) is 30.7 Å². The van der Waals surface area contributed by atoms with Crippen molar-refractivity contribution >= 4 is 12.0 Å². The van der Waals surface area contributed by atoms with Gasteiger partial charge in [-0.3, -0.25) is 9.69 Å². The van der Waals surface area contributed by atoms with Crippen molar-refractivity contribution in [3.63, 3.8) is 0 Å². The van der Waals surface area contributed by atoms with E-state index >= 15 is 0 Å². The summed E-state index contributed by atoms with van der Waals surface area (Å²) in [5.74, 6) is 0.761. The first-order valence-corrected chi connectivity index (χ1v) is 9.54. The maximum absolute atomic E-state index is 12.7. The fourth-order valence-electron chi connectivity index (χ4n) is 4.50. The molecule has 0 radical (unpaired) electrons. The molecule has 1 aromatic carbocycles. The van der Waals surface area contributed by atoms with Crippen molar-refractivity contribution < 1.29 is 14.3 Å². The van der Waals surface area contributed by atoms with Gasteiger partial charge >= 0.3 is 6.09 Å². The summed E-state index contributed by atoms with van der Waals surface area (Å²) in [5.41, 5.74) is 0.925. The van der Waals surface area contributed by atoms with Gasteiger partial charge < -0.3 is 14.5 Å². The third-order valence-electron chi connectivity index (χ3n) is 6.03. The number of likely N-dealkylation sites (N-methyl/N-ethyl adjacent to an activating group) is 1. The van der Waals surface area contributed by atoms with Crippen LogP contribution < -0.4 is 0 Å². The maximum Gasteiger partial charge on any atom is 0.410 e. The van der Waals surface area contributed by atoms with Crippen LogP contribution in [0.5, 0.6) is 0 Å². The highest BCUT2D eigenvalue weighted by atomic mass is 16.6. The number of nitrogens with zero attached hydrogens (tertiary/aromatic N) is 3. The van der Waals surface area contributed by atoms with E-state index in [2.05, 4.69) is 35.2 Å². The van der Waals surface area contributed by atoms with Gasteiger partial charge in [0.05, 0.1) is 19.6 Å². The molecule has 3 fully saturated rings. The Hall–Kier alpha value is -2.08. The zero-order valence-corrected chi connectivity index (χ0v) is 15.4. The second kappa shape index (κ2) is 6.91. The van der Waals surface area contributed by atoms with Crippen molar-refractivity contribution in [3.8, 4) is 0 Å². The lowest BCUT2D eigenvalue weighted by Gasteiger charge is -2.32. The second-order valence-electron chi connectivity index (χ2n) is 7.93. The van der Waals surface area contributed by atoms with Crippen molar-refractivity contribution in [2.45, 2.75) is 30.8 Å². The van der Waals surface area contributed by atoms with Gasteiger partial charge in [-0.1, -0.05) is 30.3 Å². The molecule has 1 aromatic rings. The molecule has 0 N–H and O–H groups in total. The zero-order valence-electron chi connectivity index (χ0n) is 15.4. The van der Waals surface area contributed by atoms with E-state index in [9.17, 15) is 9.59 Å². The largest absolute Gasteiger partial charge is 0.439 e. The van der Waals surface area contributed by atoms with Gasteiger partial charge in [0.25, 0.3) is 0 Å². The van der Waals surface area contributed by atoms with Crippen molar-refractivity contribution in [3.05, 3.63) is 35.9 Å². The van der Waals surface area contributed by atoms with Crippen molar-refractivity contribution in [1.82, 2.24) is 14.7 Å². The van der Waals surface area contributed by atoms with E-state index in [4.69, 9.17) is 4.74 Å². The van der Waals surface area contributed by atoms with E-state index in [1.807, 2.05) is 4.90 Å². The molecular weight excluding hydrogens is 330 g/mol. The number of likely N-dealkylation sites (tertiary alicyclic amines) is 2. The van der Waals surface area contributed by atoms with Gasteiger partial charge in [0, 0.05) is 20.0 Å². The topological polar surface area (TPSA) is 53.1 Å². The molecule has 26 heavy (non-hydrogen) atoms. The van der Waals surface area contributed by atoms with Gasteiger partial charge in [-0.2, -0.15) is 0 Å². The van der Waals surface area contributed by atoms with Crippen LogP contribution in [0.4, 0.5) is 4.79 Å². The quantitative estimate of drug-likeness (QED) is 0.829. The van der Waals surface area contributed by atoms with Gasteiger partial charge in [-0.15, -0.1) is 0 Å². The summed E-state index contributed by atoms with van der Waals surface area (Å²) in [4.78, 5) is 30.1. The molecule has 3 heterocycles. The third-order valence-corrected chi connectivity index (χ3v) is 6.03. The average molecular weight is 357 g/mol. The number of carbonyl (C=O) groups is 2. The summed E-state index contributed by atoms with van der Waals surface area (Å²) in [6.07, 6.45) is 2.67. The lowest BCUT2D eigenvalue weighted by atomic mass is 9.89. The molecule has 3 aliphatic rings. The standard InChI is InChI=1S/C20H27N3O3/c1-21-14-20(26-19(21)25)9-12-23(15-20)18(24)13-22-10-7-17(8-11-22)16-5-3-2-4-6-16/h2-6,17H,7-15H2,1H3. The summed E-state index contributed by atoms with van der Waals surface area (Å²) in [5, 5.41) is 0. The van der Waals surface area contributed by atoms with E-state index in [1.54, 1.807) is 11.9 Å². The van der Waals surface area contributed by atoms with E-state index in [0.717, 1.165) is 32.4 Å². The van der Waals surface area contributed by atoms with Crippen LogP contribution in [-0.2, 0) is 9.53 Å². The van der Waals surface area contributed by atoms with Gasteiger partial charge in [0.15, 0.2) is 5.60 Å². The Morgan fingerprint density at radius 2 is 1.88 bits per heavy atom. The average Bonchev–Trinajstić information content (AvgIpc) is 3.19. The number of hydrogen-bond acceptors (Lipinski definition) is 4. The normalized spacial score (nSPS) is 27.3. The monoisotopic (exact) mass is 357 g/mol. The lowest BCUT2D eigenvalue weighted by Crippen LogP contribution is -2.44. The Kier molecular flexibility index (Phi) is 4.61. The fraction of sp³-hybridized carbons (Fsp3) is 0.600. The van der Waals surface area contributed by atoms with Gasteiger partial charge in [0.1, 0.15) is 0 Å². The Bertz CT molecular complexity index is 672. The molecule has 0 saturated carbocycles. The maximum atomic E-state index is 12.7. The van der Waals surface area contributed by atoms with Crippen LogP contribution in [-0.4, -0.2) is 78.6 Å². The first-order chi connectivity index (χ1) is 12.5. The van der Waals surface area contributed by atoms with Crippen LogP contribution in [0, 0.1) is 0 Å². The molecule has 3 aliphatic heterocycles. The summed E-state index contributed by atoms with van der Waals surface area (Å²) < 4.78 is 5.53. The summed E-state index contributed by atoms with van der Waals surface area (Å²) >= 11 is 0. The molecule has 0 bridgehead atoms. The van der Waals surface area contributed by atoms with Crippen LogP contribution >= 0.6 is 0 Å². The number of ether oxygens (including phenoxy) is 1. The third kappa shape index (κ3) is 3.43. The van der Waals surface area contributed by atoms with Crippen LogP contribution in [0.2, 0.25) is 0 Å². The van der Waals surface area contributed by atoms with E-state index in [-0.39, 0.29) is 12.0 Å². The minimum Gasteiger partial charge on any atom is -0.439 e. The molecule has 3 saturated heterocycles. The first-order valence-electron chi connectivity index (χ1n) is 9.54. The smallest absolute Gasteiger partial charge is 0.410 e. The Morgan fingerprint density at radius 1 is 1.15 bits per heavy atom. The number of amides is 2. The minimum atomic E-state index is -0.484. The molecule has 140 valence electrons. The van der Waals surface area contributed by atoms with Gasteiger partial charge in [0.2, 0.25) is 5.91 Å². The Balaban J connectivity index is 1.27. The van der Waals surface area contributed by atoms with E-state index in [1.165, 1.54) is 5.56 Å². The summed E-state index contributed by atoms with van der Waals surface area (Å²) in [6.45, 7) is 4.19. The van der Waals surface area contributed by atoms with Crippen molar-refractivity contribution in [1.29, 1.82) is 0 Å². The zero-order chi connectivity index (χ0) is 18.1. The molecule has 0 aromatic heterocycles. The number of hydrogen-bond donors (Lipinski definition) is 0. The molecule has 4 rings (SSSR count). The fourth-order valence-corrected chi connectivity index (χ4v) is 4.50. The highest BCUT2D eigenvalue weighted by Crippen LogP contribution is 2.32. The highest BCUT2D eigenvalue weighted by Gasteiger charge is 2.49. The van der Waals surface area contributed by atoms with E-state index in [0.29, 0.717) is 32.1 Å². The van der Waals surface area contributed by atoms with Gasteiger partial charge in [-0.25, -0.2) is 4.79 Å². The summed E-state index contributed by atoms with van der Waals surface area (Å²) in [6, 6.07) is 10.7. The molecule has 1 unspecified atom stereocenters. The second-order valence-corrected chi connectivity index (χ2v) is 7.93. The molecule has 2 amide bonds. The highest BCUT2D eigenvalue weighted by molar-refractivity contribution is 5.79. The Labute approximate surface area is 154 Å². The van der Waals surface area contributed by atoms with Gasteiger partial charge in [-0.05, 0) is 37.4 Å². The summed E-state index contributed by atoms with van der Waals surface area (Å²) in [7, 11) is 1.75.